The smallest absolute Gasteiger partial charge is 0.00934 e. The first kappa shape index (κ1) is 8.24. The maximum Gasteiger partial charge on any atom is -0.00934 e. The van der Waals surface area contributed by atoms with Crippen molar-refractivity contribution in [3.63, 3.8) is 0 Å². The van der Waals surface area contributed by atoms with Gasteiger partial charge in [0.05, 0.1) is 0 Å². The average molecular weight is 141 g/mol. The van der Waals surface area contributed by atoms with E-state index >= 15 is 0 Å². The van der Waals surface area contributed by atoms with E-state index in [1.54, 1.807) is 11.3 Å². The first-order valence-corrected chi connectivity index (χ1v) is 3.47. The molecule has 1 aromatic heterocycles. The van der Waals surface area contributed by atoms with E-state index in [-0.39, 0.29) is 5.76 Å². The van der Waals surface area contributed by atoms with Crippen LogP contribution in [0.4, 0.5) is 0 Å². The lowest BCUT2D eigenvalue weighted by Crippen LogP contribution is -1.92. The summed E-state index contributed by atoms with van der Waals surface area (Å²) in [6.07, 6.45) is 0. The molecule has 1 rings (SSSR count). The number of allylic oxidation sites excluding steroid dienone is 1. The molecule has 9 heavy (non-hydrogen) atoms. The molecule has 0 radical (unpaired) electrons. The molecule has 50 valence electrons. The second-order valence-corrected chi connectivity index (χ2v) is 2.31. The Labute approximate surface area is 59.3 Å². The van der Waals surface area contributed by atoms with Gasteiger partial charge in [0.25, 0.3) is 0 Å². The van der Waals surface area contributed by atoms with E-state index in [9.17, 15) is 5.11 Å². The monoisotopic (exact) mass is 141 g/mol. The zero-order chi connectivity index (χ0) is 7.11. The van der Waals surface area contributed by atoms with Gasteiger partial charge in [0, 0.05) is 0 Å². The van der Waals surface area contributed by atoms with Crippen molar-refractivity contribution >= 4 is 11.3 Å². The number of hydrogen-bond donors (Lipinski definition) is 0. The Bertz CT molecular complexity index is 123. The van der Waals surface area contributed by atoms with Crippen LogP contribution < -0.4 is 5.11 Å². The van der Waals surface area contributed by atoms with Crippen LogP contribution in [0.25, 0.3) is 0 Å². The van der Waals surface area contributed by atoms with Gasteiger partial charge in [-0.3, -0.25) is 0 Å². The standard InChI is InChI=1S/C4H4S.C3H6O/c1-2-4-5-3-1;1-3(2)4/h1-4H;4H,1H2,2H3/p-1. The summed E-state index contributed by atoms with van der Waals surface area (Å²) in [4.78, 5) is 0. The van der Waals surface area contributed by atoms with E-state index < -0.39 is 0 Å². The summed E-state index contributed by atoms with van der Waals surface area (Å²) in [6.45, 7) is 4.42. The lowest BCUT2D eigenvalue weighted by molar-refractivity contribution is -0.300. The van der Waals surface area contributed by atoms with Gasteiger partial charge in [0.2, 0.25) is 0 Å². The van der Waals surface area contributed by atoms with Gasteiger partial charge in [-0.2, -0.15) is 11.3 Å². The van der Waals surface area contributed by atoms with Gasteiger partial charge in [-0.05, 0) is 10.8 Å². The molecule has 0 spiro atoms. The fourth-order valence-corrected chi connectivity index (χ4v) is 0.680. The second-order valence-electron chi connectivity index (χ2n) is 1.50. The molecular weight excluding hydrogens is 132 g/mol. The normalized spacial score (nSPS) is 7.22. The molecular formula is C7H9OS-. The Balaban J connectivity index is 0.000000148. The van der Waals surface area contributed by atoms with E-state index in [0.717, 1.165) is 0 Å². The van der Waals surface area contributed by atoms with Crippen LogP contribution >= 0.6 is 11.3 Å². The van der Waals surface area contributed by atoms with Crippen molar-refractivity contribution in [2.75, 3.05) is 0 Å². The van der Waals surface area contributed by atoms with Crippen LogP contribution in [0.1, 0.15) is 6.92 Å². The Hall–Kier alpha value is -0.760. The first-order valence-electron chi connectivity index (χ1n) is 2.53. The molecule has 2 heteroatoms. The van der Waals surface area contributed by atoms with E-state index in [4.69, 9.17) is 0 Å². The molecule has 0 bridgehead atoms. The quantitative estimate of drug-likeness (QED) is 0.503. The zero-order valence-electron chi connectivity index (χ0n) is 5.33. The Kier molecular flexibility index (Phi) is 4.92. The molecule has 0 N–H and O–H groups in total. The van der Waals surface area contributed by atoms with Crippen molar-refractivity contribution in [3.8, 4) is 0 Å². The highest BCUT2D eigenvalue weighted by molar-refractivity contribution is 7.07. The van der Waals surface area contributed by atoms with Crippen molar-refractivity contribution in [1.82, 2.24) is 0 Å². The fraction of sp³-hybridized carbons (Fsp3) is 0.143. The van der Waals surface area contributed by atoms with Crippen LogP contribution in [0, 0.1) is 0 Å². The molecule has 1 heterocycles. The van der Waals surface area contributed by atoms with Crippen LogP contribution in [-0.4, -0.2) is 0 Å². The third-order valence-corrected chi connectivity index (χ3v) is 1.05. The molecule has 0 aliphatic heterocycles. The molecule has 0 aliphatic rings. The summed E-state index contributed by atoms with van der Waals surface area (Å²) in [5, 5.41) is 13.4. The van der Waals surface area contributed by atoms with Crippen LogP contribution in [0.3, 0.4) is 0 Å². The summed E-state index contributed by atoms with van der Waals surface area (Å²) in [5.74, 6) is -0.0833. The van der Waals surface area contributed by atoms with Crippen molar-refractivity contribution in [1.29, 1.82) is 0 Å². The third-order valence-electron chi connectivity index (χ3n) is 0.425. The SMILES string of the molecule is C=C(C)[O-].c1ccsc1. The van der Waals surface area contributed by atoms with Crippen molar-refractivity contribution in [3.05, 3.63) is 35.2 Å². The molecule has 0 saturated heterocycles. The van der Waals surface area contributed by atoms with Crippen LogP contribution in [0.2, 0.25) is 0 Å². The number of thiophene rings is 1. The molecule has 0 amide bonds. The average Bonchev–Trinajstić information content (AvgIpc) is 2.11. The van der Waals surface area contributed by atoms with E-state index in [2.05, 4.69) is 6.58 Å². The van der Waals surface area contributed by atoms with Gasteiger partial charge < -0.3 is 5.11 Å². The van der Waals surface area contributed by atoms with Gasteiger partial charge in [-0.25, -0.2) is 0 Å². The number of hydrogen-bond acceptors (Lipinski definition) is 2. The maximum atomic E-state index is 9.33. The predicted octanol–water partition coefficient (Wildman–Crippen LogP) is 1.63. The fourth-order valence-electron chi connectivity index (χ4n) is 0.227. The van der Waals surface area contributed by atoms with E-state index in [1.807, 2.05) is 22.9 Å². The van der Waals surface area contributed by atoms with Crippen LogP contribution in [0.15, 0.2) is 35.2 Å². The van der Waals surface area contributed by atoms with Gasteiger partial charge in [-0.15, -0.1) is 12.3 Å². The maximum absolute atomic E-state index is 9.33. The second kappa shape index (κ2) is 5.38. The minimum absolute atomic E-state index is 0.0833. The topological polar surface area (TPSA) is 23.1 Å². The lowest BCUT2D eigenvalue weighted by Gasteiger charge is -1.92. The molecule has 0 atom stereocenters. The van der Waals surface area contributed by atoms with Gasteiger partial charge >= 0.3 is 0 Å². The molecule has 0 aromatic carbocycles. The molecule has 1 nitrogen and oxygen atoms in total. The third kappa shape index (κ3) is 11.1. The Morgan fingerprint density at radius 3 is 1.89 bits per heavy atom. The minimum atomic E-state index is -0.0833. The van der Waals surface area contributed by atoms with E-state index in [1.165, 1.54) is 6.92 Å². The number of rotatable bonds is 0. The molecule has 0 unspecified atom stereocenters. The van der Waals surface area contributed by atoms with Gasteiger partial charge in [0.1, 0.15) is 0 Å². The lowest BCUT2D eigenvalue weighted by atomic mass is 10.7. The Morgan fingerprint density at radius 1 is 1.44 bits per heavy atom. The predicted molar refractivity (Wildman–Crippen MR) is 39.1 cm³/mol. The summed E-state index contributed by atoms with van der Waals surface area (Å²) < 4.78 is 0. The van der Waals surface area contributed by atoms with Gasteiger partial charge in [0.15, 0.2) is 0 Å². The molecule has 0 aliphatic carbocycles. The highest BCUT2D eigenvalue weighted by Gasteiger charge is 1.58. The van der Waals surface area contributed by atoms with Crippen LogP contribution in [0.5, 0.6) is 0 Å². The minimum Gasteiger partial charge on any atom is -0.876 e. The summed E-state index contributed by atoms with van der Waals surface area (Å²) >= 11 is 1.71. The van der Waals surface area contributed by atoms with E-state index in [0.29, 0.717) is 0 Å². The first-order chi connectivity index (χ1) is 4.23. The van der Waals surface area contributed by atoms with Crippen LogP contribution in [-0.2, 0) is 0 Å². The zero-order valence-corrected chi connectivity index (χ0v) is 6.15. The summed E-state index contributed by atoms with van der Waals surface area (Å²) in [7, 11) is 0. The molecule has 1 aromatic rings. The Morgan fingerprint density at radius 2 is 1.78 bits per heavy atom. The highest BCUT2D eigenvalue weighted by atomic mass is 32.1. The highest BCUT2D eigenvalue weighted by Crippen LogP contribution is 1.91. The van der Waals surface area contributed by atoms with Crippen molar-refractivity contribution < 1.29 is 5.11 Å². The van der Waals surface area contributed by atoms with Crippen molar-refractivity contribution in [2.45, 2.75) is 6.92 Å². The van der Waals surface area contributed by atoms with Gasteiger partial charge in [-0.1, -0.05) is 19.1 Å². The summed E-state index contributed by atoms with van der Waals surface area (Å²) in [6, 6.07) is 4.04. The molecule has 0 fully saturated rings. The summed E-state index contributed by atoms with van der Waals surface area (Å²) in [5.41, 5.74) is 0. The largest absolute Gasteiger partial charge is 0.876 e. The molecule has 0 saturated carbocycles. The van der Waals surface area contributed by atoms with Crippen molar-refractivity contribution in [2.24, 2.45) is 0 Å².